The lowest BCUT2D eigenvalue weighted by Gasteiger charge is -2.34. The van der Waals surface area contributed by atoms with Crippen LogP contribution in [0.1, 0.15) is 52.9 Å². The summed E-state index contributed by atoms with van der Waals surface area (Å²) in [6, 6.07) is 13.1. The Kier molecular flexibility index (Phi) is 6.35. The highest BCUT2D eigenvalue weighted by Gasteiger charge is 2.27. The zero-order chi connectivity index (χ0) is 20.9. The Morgan fingerprint density at radius 2 is 2.00 bits per heavy atom. The van der Waals surface area contributed by atoms with Crippen LogP contribution in [0.4, 0.5) is 5.69 Å². The summed E-state index contributed by atoms with van der Waals surface area (Å²) in [5, 5.41) is 3.50. The van der Waals surface area contributed by atoms with Gasteiger partial charge in [-0.05, 0) is 62.7 Å². The summed E-state index contributed by atoms with van der Waals surface area (Å²) in [5.74, 6) is 0.543. The average Bonchev–Trinajstić information content (AvgIpc) is 2.76. The quantitative estimate of drug-likeness (QED) is 0.639. The van der Waals surface area contributed by atoms with Crippen molar-refractivity contribution in [2.45, 2.75) is 38.8 Å². The molecule has 1 aliphatic rings. The predicted molar refractivity (Wildman–Crippen MR) is 117 cm³/mol. The molecular formula is C23H24ClN5O. The molecule has 0 spiro atoms. The van der Waals surface area contributed by atoms with Crippen LogP contribution in [0.15, 0.2) is 54.9 Å². The smallest absolute Gasteiger partial charge is 0.259 e. The summed E-state index contributed by atoms with van der Waals surface area (Å²) >= 11 is 5.90. The molecule has 3 heterocycles. The number of hydrogen-bond donors (Lipinski definition) is 1. The fourth-order valence-electron chi connectivity index (χ4n) is 3.77. The van der Waals surface area contributed by atoms with E-state index in [1.165, 1.54) is 0 Å². The van der Waals surface area contributed by atoms with Crippen molar-refractivity contribution in [2.75, 3.05) is 11.9 Å². The Labute approximate surface area is 181 Å². The van der Waals surface area contributed by atoms with E-state index in [9.17, 15) is 4.79 Å². The molecule has 0 saturated carbocycles. The van der Waals surface area contributed by atoms with Crippen LogP contribution in [0.5, 0.6) is 0 Å². The first kappa shape index (κ1) is 20.4. The first-order valence-electron chi connectivity index (χ1n) is 10.1. The molecule has 1 aliphatic heterocycles. The summed E-state index contributed by atoms with van der Waals surface area (Å²) in [6.45, 7) is 3.61. The third-order valence-electron chi connectivity index (χ3n) is 5.35. The maximum Gasteiger partial charge on any atom is 0.259 e. The van der Waals surface area contributed by atoms with Gasteiger partial charge in [-0.3, -0.25) is 14.7 Å². The largest absolute Gasteiger partial charge is 0.322 e. The fraction of sp³-hybridized carbons (Fsp3) is 0.304. The second-order valence-corrected chi connectivity index (χ2v) is 7.93. The minimum atomic E-state index is -0.227. The summed E-state index contributed by atoms with van der Waals surface area (Å²) in [6.07, 6.45) is 6.76. The number of aromatic nitrogens is 3. The van der Waals surface area contributed by atoms with E-state index in [-0.39, 0.29) is 11.9 Å². The van der Waals surface area contributed by atoms with E-state index in [1.54, 1.807) is 30.5 Å². The Morgan fingerprint density at radius 1 is 1.17 bits per heavy atom. The van der Waals surface area contributed by atoms with Crippen molar-refractivity contribution in [1.82, 2.24) is 19.9 Å². The number of carbonyl (C=O) groups excluding carboxylic acids is 1. The average molecular weight is 422 g/mol. The van der Waals surface area contributed by atoms with E-state index < -0.39 is 0 Å². The van der Waals surface area contributed by atoms with Gasteiger partial charge in [-0.2, -0.15) is 0 Å². The number of hydrogen-bond acceptors (Lipinski definition) is 5. The number of aryl methyl sites for hydroxylation is 1. The number of carbonyl (C=O) groups is 1. The molecule has 0 bridgehead atoms. The SMILES string of the molecule is Cc1nc(C2CCCCN2Cc2ccccn2)ncc1C(=O)Nc1ccc(Cl)cc1. The second-order valence-electron chi connectivity index (χ2n) is 7.49. The van der Waals surface area contributed by atoms with Gasteiger partial charge in [0.25, 0.3) is 5.91 Å². The number of rotatable bonds is 5. The molecule has 2 aromatic heterocycles. The first-order chi connectivity index (χ1) is 14.6. The van der Waals surface area contributed by atoms with Crippen LogP contribution in [0.25, 0.3) is 0 Å². The van der Waals surface area contributed by atoms with Crippen molar-refractivity contribution >= 4 is 23.2 Å². The molecule has 1 saturated heterocycles. The van der Waals surface area contributed by atoms with Gasteiger partial charge in [0.15, 0.2) is 0 Å². The van der Waals surface area contributed by atoms with Gasteiger partial charge in [0, 0.05) is 29.6 Å². The molecule has 7 heteroatoms. The zero-order valence-electron chi connectivity index (χ0n) is 16.9. The lowest BCUT2D eigenvalue weighted by atomic mass is 10.0. The fourth-order valence-corrected chi connectivity index (χ4v) is 3.90. The Morgan fingerprint density at radius 3 is 2.73 bits per heavy atom. The van der Waals surface area contributed by atoms with Gasteiger partial charge in [-0.1, -0.05) is 24.1 Å². The van der Waals surface area contributed by atoms with Crippen LogP contribution in [0.3, 0.4) is 0 Å². The van der Waals surface area contributed by atoms with E-state index in [2.05, 4.69) is 20.2 Å². The Balaban J connectivity index is 1.50. The summed E-state index contributed by atoms with van der Waals surface area (Å²) in [7, 11) is 0. The molecule has 1 amide bonds. The number of anilines is 1. The van der Waals surface area contributed by atoms with Crippen molar-refractivity contribution in [3.8, 4) is 0 Å². The van der Waals surface area contributed by atoms with E-state index in [0.29, 0.717) is 22.0 Å². The van der Waals surface area contributed by atoms with Gasteiger partial charge in [-0.25, -0.2) is 9.97 Å². The van der Waals surface area contributed by atoms with E-state index in [4.69, 9.17) is 16.6 Å². The maximum atomic E-state index is 12.7. The minimum Gasteiger partial charge on any atom is -0.322 e. The molecule has 0 aliphatic carbocycles. The van der Waals surface area contributed by atoms with Crippen LogP contribution < -0.4 is 5.32 Å². The van der Waals surface area contributed by atoms with Crippen molar-refractivity contribution in [2.24, 2.45) is 0 Å². The second kappa shape index (κ2) is 9.32. The molecular weight excluding hydrogens is 398 g/mol. The molecule has 1 fully saturated rings. The van der Waals surface area contributed by atoms with E-state index in [0.717, 1.165) is 43.9 Å². The normalized spacial score (nSPS) is 16.9. The topological polar surface area (TPSA) is 71.0 Å². The highest BCUT2D eigenvalue weighted by atomic mass is 35.5. The van der Waals surface area contributed by atoms with Crippen LogP contribution in [-0.4, -0.2) is 32.3 Å². The number of halogens is 1. The lowest BCUT2D eigenvalue weighted by Crippen LogP contribution is -2.34. The summed E-state index contributed by atoms with van der Waals surface area (Å²) < 4.78 is 0. The third-order valence-corrected chi connectivity index (χ3v) is 5.60. The lowest BCUT2D eigenvalue weighted by molar-refractivity contribution is 0.102. The zero-order valence-corrected chi connectivity index (χ0v) is 17.6. The number of benzene rings is 1. The Hall–Kier alpha value is -2.83. The van der Waals surface area contributed by atoms with E-state index >= 15 is 0 Å². The monoisotopic (exact) mass is 421 g/mol. The van der Waals surface area contributed by atoms with Gasteiger partial charge >= 0.3 is 0 Å². The van der Waals surface area contributed by atoms with Crippen molar-refractivity contribution in [3.63, 3.8) is 0 Å². The summed E-state index contributed by atoms with van der Waals surface area (Å²) in [5.41, 5.74) is 2.87. The van der Waals surface area contributed by atoms with Gasteiger partial charge in [0.1, 0.15) is 5.82 Å². The molecule has 1 N–H and O–H groups in total. The standard InChI is InChI=1S/C23H24ClN5O/c1-16-20(23(30)28-18-10-8-17(24)9-11-18)14-26-22(27-16)21-7-3-5-13-29(21)15-19-6-2-4-12-25-19/h2,4,6,8-12,14,21H,3,5,7,13,15H2,1H3,(H,28,30). The van der Waals surface area contributed by atoms with Crippen LogP contribution in [0, 0.1) is 6.92 Å². The number of nitrogens with zero attached hydrogens (tertiary/aromatic N) is 4. The molecule has 1 atom stereocenters. The van der Waals surface area contributed by atoms with Gasteiger partial charge < -0.3 is 5.32 Å². The number of nitrogens with one attached hydrogen (secondary N) is 1. The molecule has 154 valence electrons. The van der Waals surface area contributed by atoms with Crippen molar-refractivity contribution in [1.29, 1.82) is 0 Å². The van der Waals surface area contributed by atoms with Gasteiger partial charge in [-0.15, -0.1) is 0 Å². The van der Waals surface area contributed by atoms with Crippen LogP contribution >= 0.6 is 11.6 Å². The molecule has 3 aromatic rings. The molecule has 1 aromatic carbocycles. The van der Waals surface area contributed by atoms with Crippen molar-refractivity contribution in [3.05, 3.63) is 82.7 Å². The van der Waals surface area contributed by atoms with Crippen molar-refractivity contribution < 1.29 is 4.79 Å². The maximum absolute atomic E-state index is 12.7. The minimum absolute atomic E-state index is 0.132. The van der Waals surface area contributed by atoms with Crippen LogP contribution in [-0.2, 0) is 6.54 Å². The van der Waals surface area contributed by atoms with Crippen LogP contribution in [0.2, 0.25) is 5.02 Å². The molecule has 4 rings (SSSR count). The highest BCUT2D eigenvalue weighted by molar-refractivity contribution is 6.30. The predicted octanol–water partition coefficient (Wildman–Crippen LogP) is 4.81. The number of pyridine rings is 1. The molecule has 1 unspecified atom stereocenters. The first-order valence-corrected chi connectivity index (χ1v) is 10.5. The molecule has 6 nitrogen and oxygen atoms in total. The van der Waals surface area contributed by atoms with Gasteiger partial charge in [0.05, 0.1) is 23.0 Å². The van der Waals surface area contributed by atoms with E-state index in [1.807, 2.05) is 31.3 Å². The third kappa shape index (κ3) is 4.83. The highest BCUT2D eigenvalue weighted by Crippen LogP contribution is 2.30. The summed E-state index contributed by atoms with van der Waals surface area (Å²) in [4.78, 5) is 28.8. The molecule has 30 heavy (non-hydrogen) atoms. The number of likely N-dealkylation sites (tertiary alicyclic amines) is 1. The van der Waals surface area contributed by atoms with Gasteiger partial charge in [0.2, 0.25) is 0 Å². The number of amides is 1. The number of piperidine rings is 1. The molecule has 0 radical (unpaired) electrons. The Bertz CT molecular complexity index is 1010.